The minimum atomic E-state index is -0.164. The molecule has 2 saturated heterocycles. The number of anilines is 2. The molecule has 2 heterocycles. The Hall–Kier alpha value is -2.11. The summed E-state index contributed by atoms with van der Waals surface area (Å²) in [4.78, 5) is 9.42. The first-order chi connectivity index (χ1) is 13.1. The van der Waals surface area contributed by atoms with Crippen molar-refractivity contribution < 1.29 is 4.39 Å². The van der Waals surface area contributed by atoms with E-state index in [1.54, 1.807) is 0 Å². The molecule has 0 saturated carbocycles. The highest BCUT2D eigenvalue weighted by Gasteiger charge is 2.14. The van der Waals surface area contributed by atoms with Gasteiger partial charge in [-0.3, -0.25) is 0 Å². The van der Waals surface area contributed by atoms with Crippen LogP contribution in [0.3, 0.4) is 0 Å². The van der Waals surface area contributed by atoms with Gasteiger partial charge >= 0.3 is 0 Å². The fraction of sp³-hybridized carbons (Fsp3) is 0.455. The fourth-order valence-electron chi connectivity index (χ4n) is 3.42. The average molecular weight is 371 g/mol. The highest BCUT2D eigenvalue weighted by Crippen LogP contribution is 2.16. The molecule has 0 aromatic heterocycles. The van der Waals surface area contributed by atoms with E-state index in [2.05, 4.69) is 64.0 Å². The van der Waals surface area contributed by atoms with E-state index in [0.29, 0.717) is 0 Å². The summed E-state index contributed by atoms with van der Waals surface area (Å²) in [6.07, 6.45) is 0. The van der Waals surface area contributed by atoms with E-state index >= 15 is 0 Å². The number of para-hydroxylation sites is 1. The van der Waals surface area contributed by atoms with Crippen molar-refractivity contribution in [2.75, 3.05) is 76.3 Å². The first-order valence-electron chi connectivity index (χ1n) is 9.79. The number of halogens is 1. The normalized spacial score (nSPS) is 18.8. The van der Waals surface area contributed by atoms with Crippen LogP contribution in [0.15, 0.2) is 54.6 Å². The molecule has 2 fully saturated rings. The summed E-state index contributed by atoms with van der Waals surface area (Å²) in [7, 11) is 4.31. The Bertz CT molecular complexity index is 660. The zero-order valence-electron chi connectivity index (χ0n) is 16.5. The molecule has 2 aliphatic heterocycles. The number of piperazine rings is 2. The van der Waals surface area contributed by atoms with E-state index in [1.807, 2.05) is 12.1 Å². The Kier molecular flexibility index (Phi) is 7.07. The van der Waals surface area contributed by atoms with Gasteiger partial charge in [0.1, 0.15) is 5.82 Å². The molecule has 27 heavy (non-hydrogen) atoms. The average Bonchev–Trinajstić information content (AvgIpc) is 2.71. The second kappa shape index (κ2) is 9.72. The van der Waals surface area contributed by atoms with Gasteiger partial charge in [0.25, 0.3) is 0 Å². The largest absolute Gasteiger partial charge is 0.369 e. The molecule has 2 aliphatic rings. The summed E-state index contributed by atoms with van der Waals surface area (Å²) < 4.78 is 12.7. The Balaban J connectivity index is 0.000000156. The van der Waals surface area contributed by atoms with Crippen molar-refractivity contribution >= 4 is 11.4 Å². The SMILES string of the molecule is CN1CCN(c2ccc(F)cc2)CC1.CN1CCN(c2ccccc2)CC1. The van der Waals surface area contributed by atoms with E-state index < -0.39 is 0 Å². The van der Waals surface area contributed by atoms with E-state index in [4.69, 9.17) is 0 Å². The first kappa shape index (κ1) is 19.6. The van der Waals surface area contributed by atoms with Gasteiger partial charge in [-0.05, 0) is 50.5 Å². The maximum absolute atomic E-state index is 12.7. The lowest BCUT2D eigenvalue weighted by Crippen LogP contribution is -2.44. The van der Waals surface area contributed by atoms with E-state index in [1.165, 1.54) is 30.9 Å². The minimum absolute atomic E-state index is 0.164. The summed E-state index contributed by atoms with van der Waals surface area (Å²) in [6, 6.07) is 17.4. The number of hydrogen-bond acceptors (Lipinski definition) is 4. The molecule has 146 valence electrons. The van der Waals surface area contributed by atoms with E-state index in [9.17, 15) is 4.39 Å². The highest BCUT2D eigenvalue weighted by atomic mass is 19.1. The molecule has 2 aromatic rings. The van der Waals surface area contributed by atoms with Gasteiger partial charge < -0.3 is 19.6 Å². The molecular formula is C22H31FN4. The third kappa shape index (κ3) is 5.94. The number of nitrogens with zero attached hydrogens (tertiary/aromatic N) is 4. The molecule has 0 unspecified atom stereocenters. The third-order valence-corrected chi connectivity index (χ3v) is 5.32. The lowest BCUT2D eigenvalue weighted by Gasteiger charge is -2.34. The Morgan fingerprint density at radius 2 is 0.963 bits per heavy atom. The predicted octanol–water partition coefficient (Wildman–Crippen LogP) is 3.02. The molecule has 0 N–H and O–H groups in total. The van der Waals surface area contributed by atoms with Crippen LogP contribution < -0.4 is 9.80 Å². The second-order valence-electron chi connectivity index (χ2n) is 7.39. The van der Waals surface area contributed by atoms with Crippen LogP contribution in [0.4, 0.5) is 15.8 Å². The maximum Gasteiger partial charge on any atom is 0.123 e. The van der Waals surface area contributed by atoms with Crippen molar-refractivity contribution in [3.8, 4) is 0 Å². The lowest BCUT2D eigenvalue weighted by atomic mass is 10.2. The molecule has 0 amide bonds. The lowest BCUT2D eigenvalue weighted by molar-refractivity contribution is 0.313. The number of benzene rings is 2. The van der Waals surface area contributed by atoms with Crippen LogP contribution in [0.1, 0.15) is 0 Å². The number of likely N-dealkylation sites (N-methyl/N-ethyl adjacent to an activating group) is 2. The standard InChI is InChI=1S/C11H15FN2.C11H16N2/c1-13-6-8-14(9-7-13)11-4-2-10(12)3-5-11;1-12-7-9-13(10-8-12)11-5-3-2-4-6-11/h2-5H,6-9H2,1H3;2-6H,7-10H2,1H3. The smallest absolute Gasteiger partial charge is 0.123 e. The molecule has 0 atom stereocenters. The fourth-order valence-corrected chi connectivity index (χ4v) is 3.42. The van der Waals surface area contributed by atoms with Crippen LogP contribution in [0.25, 0.3) is 0 Å². The van der Waals surface area contributed by atoms with E-state index in [0.717, 1.165) is 45.0 Å². The first-order valence-corrected chi connectivity index (χ1v) is 9.79. The summed E-state index contributed by atoms with van der Waals surface area (Å²) in [5, 5.41) is 0. The third-order valence-electron chi connectivity index (χ3n) is 5.32. The van der Waals surface area contributed by atoms with Crippen molar-refractivity contribution in [2.45, 2.75) is 0 Å². The topological polar surface area (TPSA) is 13.0 Å². The van der Waals surface area contributed by atoms with Crippen LogP contribution in [0.5, 0.6) is 0 Å². The van der Waals surface area contributed by atoms with Gasteiger partial charge in [-0.2, -0.15) is 0 Å². The molecule has 4 rings (SSSR count). The van der Waals surface area contributed by atoms with Crippen molar-refractivity contribution in [1.29, 1.82) is 0 Å². The van der Waals surface area contributed by atoms with Crippen molar-refractivity contribution in [2.24, 2.45) is 0 Å². The predicted molar refractivity (Wildman–Crippen MR) is 112 cm³/mol. The summed E-state index contributed by atoms with van der Waals surface area (Å²) in [5.41, 5.74) is 2.48. The molecule has 4 nitrogen and oxygen atoms in total. The van der Waals surface area contributed by atoms with Crippen molar-refractivity contribution in [3.63, 3.8) is 0 Å². The zero-order chi connectivity index (χ0) is 19.1. The quantitative estimate of drug-likeness (QED) is 0.806. The summed E-state index contributed by atoms with van der Waals surface area (Å²) in [5.74, 6) is -0.164. The van der Waals surface area contributed by atoms with E-state index in [-0.39, 0.29) is 5.82 Å². The minimum Gasteiger partial charge on any atom is -0.369 e. The highest BCUT2D eigenvalue weighted by molar-refractivity contribution is 5.47. The van der Waals surface area contributed by atoms with Crippen LogP contribution in [-0.4, -0.2) is 76.3 Å². The summed E-state index contributed by atoms with van der Waals surface area (Å²) >= 11 is 0. The van der Waals surface area contributed by atoms with Crippen molar-refractivity contribution in [1.82, 2.24) is 9.80 Å². The monoisotopic (exact) mass is 370 g/mol. The van der Waals surface area contributed by atoms with Crippen molar-refractivity contribution in [3.05, 3.63) is 60.4 Å². The number of rotatable bonds is 2. The van der Waals surface area contributed by atoms with Gasteiger partial charge in [-0.15, -0.1) is 0 Å². The molecule has 2 aromatic carbocycles. The Morgan fingerprint density at radius 1 is 0.556 bits per heavy atom. The summed E-state index contributed by atoms with van der Waals surface area (Å²) in [6.45, 7) is 8.88. The molecule has 0 radical (unpaired) electrons. The molecular weight excluding hydrogens is 339 g/mol. The Labute approximate surface area is 162 Å². The van der Waals surface area contributed by atoms with Gasteiger partial charge in [0.2, 0.25) is 0 Å². The van der Waals surface area contributed by atoms with Gasteiger partial charge in [0, 0.05) is 63.7 Å². The zero-order valence-corrected chi connectivity index (χ0v) is 16.5. The van der Waals surface area contributed by atoms with Crippen LogP contribution in [-0.2, 0) is 0 Å². The number of hydrogen-bond donors (Lipinski definition) is 0. The maximum atomic E-state index is 12.7. The van der Waals surface area contributed by atoms with Gasteiger partial charge in [0.05, 0.1) is 0 Å². The molecule has 5 heteroatoms. The van der Waals surface area contributed by atoms with Crippen LogP contribution in [0, 0.1) is 5.82 Å². The van der Waals surface area contributed by atoms with Crippen LogP contribution in [0.2, 0.25) is 0 Å². The second-order valence-corrected chi connectivity index (χ2v) is 7.39. The molecule has 0 spiro atoms. The van der Waals surface area contributed by atoms with Crippen LogP contribution >= 0.6 is 0 Å². The Morgan fingerprint density at radius 3 is 1.41 bits per heavy atom. The van der Waals surface area contributed by atoms with Gasteiger partial charge in [-0.1, -0.05) is 18.2 Å². The van der Waals surface area contributed by atoms with Gasteiger partial charge in [-0.25, -0.2) is 4.39 Å². The van der Waals surface area contributed by atoms with Gasteiger partial charge in [0.15, 0.2) is 0 Å². The molecule has 0 bridgehead atoms. The molecule has 0 aliphatic carbocycles.